The van der Waals surface area contributed by atoms with Crippen LogP contribution in [0.3, 0.4) is 0 Å². The monoisotopic (exact) mass is 271 g/mol. The Labute approximate surface area is 112 Å². The minimum atomic E-state index is -0.447. The van der Waals surface area contributed by atoms with Crippen LogP contribution >= 0.6 is 11.6 Å². The molecule has 0 fully saturated rings. The molecule has 0 aromatic carbocycles. The van der Waals surface area contributed by atoms with E-state index >= 15 is 0 Å². The maximum Gasteiger partial charge on any atom is 0.311 e. The fourth-order valence-electron chi connectivity index (χ4n) is 1.93. The lowest BCUT2D eigenvalue weighted by Crippen LogP contribution is -2.36. The van der Waals surface area contributed by atoms with E-state index in [2.05, 4.69) is 31.1 Å². The van der Waals surface area contributed by atoms with Crippen molar-refractivity contribution in [1.29, 1.82) is 0 Å². The summed E-state index contributed by atoms with van der Waals surface area (Å²) in [6, 6.07) is 2.81. The number of hydrogen-bond donors (Lipinski definition) is 1. The number of nitrogens with one attached hydrogen (secondary N) is 1. The van der Waals surface area contributed by atoms with Gasteiger partial charge >= 0.3 is 5.69 Å². The molecule has 0 aliphatic heterocycles. The summed E-state index contributed by atoms with van der Waals surface area (Å²) in [7, 11) is 0. The topological polar surface area (TPSA) is 68.1 Å². The summed E-state index contributed by atoms with van der Waals surface area (Å²) >= 11 is 5.81. The molecule has 0 bridgehead atoms. The molecule has 0 unspecified atom stereocenters. The van der Waals surface area contributed by atoms with Crippen molar-refractivity contribution in [3.63, 3.8) is 0 Å². The summed E-state index contributed by atoms with van der Waals surface area (Å²) in [4.78, 5) is 14.6. The van der Waals surface area contributed by atoms with Gasteiger partial charge in [0.25, 0.3) is 0 Å². The lowest BCUT2D eigenvalue weighted by atomic mass is 9.90. The maximum atomic E-state index is 11.0. The molecule has 6 heteroatoms. The molecule has 1 aromatic heterocycles. The molecular formula is C12H18ClN3O2. The van der Waals surface area contributed by atoms with Crippen LogP contribution in [0.2, 0.25) is 5.15 Å². The Bertz CT molecular complexity index is 425. The Hall–Kier alpha value is -1.36. The molecule has 0 atom stereocenters. The van der Waals surface area contributed by atoms with Crippen LogP contribution < -0.4 is 5.32 Å². The first-order valence-electron chi connectivity index (χ1n) is 6.07. The summed E-state index contributed by atoms with van der Waals surface area (Å²) in [6.07, 6.45) is 2.60. The summed E-state index contributed by atoms with van der Waals surface area (Å²) in [5, 5.41) is 14.4. The molecule has 1 N–H and O–H groups in total. The lowest BCUT2D eigenvalue weighted by molar-refractivity contribution is -0.384. The Morgan fingerprint density at radius 2 is 1.89 bits per heavy atom. The van der Waals surface area contributed by atoms with Crippen molar-refractivity contribution >= 4 is 23.1 Å². The van der Waals surface area contributed by atoms with E-state index in [9.17, 15) is 10.1 Å². The van der Waals surface area contributed by atoms with Gasteiger partial charge in [-0.3, -0.25) is 10.1 Å². The summed E-state index contributed by atoms with van der Waals surface area (Å²) < 4.78 is 0. The third-order valence-electron chi connectivity index (χ3n) is 3.45. The predicted molar refractivity (Wildman–Crippen MR) is 73.1 cm³/mol. The molecule has 5 nitrogen and oxygen atoms in total. The smallest absolute Gasteiger partial charge is 0.311 e. The highest BCUT2D eigenvalue weighted by Gasteiger charge is 2.27. The fraction of sp³-hybridized carbons (Fsp3) is 0.583. The molecule has 0 aliphatic rings. The van der Waals surface area contributed by atoms with E-state index in [1.54, 1.807) is 0 Å². The van der Waals surface area contributed by atoms with Crippen LogP contribution in [0, 0.1) is 10.1 Å². The third kappa shape index (κ3) is 3.10. The van der Waals surface area contributed by atoms with Crippen molar-refractivity contribution in [3.8, 4) is 0 Å². The zero-order valence-electron chi connectivity index (χ0n) is 10.9. The molecule has 1 aromatic rings. The van der Waals surface area contributed by atoms with Gasteiger partial charge < -0.3 is 5.32 Å². The van der Waals surface area contributed by atoms with Gasteiger partial charge in [0, 0.05) is 11.6 Å². The third-order valence-corrected chi connectivity index (χ3v) is 3.66. The first kappa shape index (κ1) is 14.7. The fourth-order valence-corrected chi connectivity index (χ4v) is 2.08. The summed E-state index contributed by atoms with van der Waals surface area (Å²) in [5.74, 6) is 0.248. The molecule has 1 heterocycles. The average Bonchev–Trinajstić information content (AvgIpc) is 2.36. The Kier molecular flexibility index (Phi) is 4.90. The molecule has 0 spiro atoms. The normalized spacial score (nSPS) is 11.3. The molecule has 0 amide bonds. The summed E-state index contributed by atoms with van der Waals surface area (Å²) in [6.45, 7) is 6.16. The van der Waals surface area contributed by atoms with Gasteiger partial charge in [0.15, 0.2) is 0 Å². The predicted octanol–water partition coefficient (Wildman–Crippen LogP) is 4.02. The maximum absolute atomic E-state index is 11.0. The van der Waals surface area contributed by atoms with E-state index in [1.807, 2.05) is 0 Å². The van der Waals surface area contributed by atoms with Crippen molar-refractivity contribution in [2.75, 3.05) is 5.32 Å². The van der Waals surface area contributed by atoms with Crippen LogP contribution in [0.4, 0.5) is 11.5 Å². The van der Waals surface area contributed by atoms with Crippen molar-refractivity contribution in [2.45, 2.75) is 45.6 Å². The highest BCUT2D eigenvalue weighted by molar-refractivity contribution is 6.29. The molecule has 0 aliphatic carbocycles. The number of anilines is 1. The van der Waals surface area contributed by atoms with Crippen molar-refractivity contribution in [2.24, 2.45) is 0 Å². The van der Waals surface area contributed by atoms with Crippen molar-refractivity contribution in [3.05, 3.63) is 27.4 Å². The molecule has 0 radical (unpaired) electrons. The van der Waals surface area contributed by atoms with Gasteiger partial charge in [-0.25, -0.2) is 4.98 Å². The van der Waals surface area contributed by atoms with Gasteiger partial charge in [-0.1, -0.05) is 32.4 Å². The second-order valence-corrected chi connectivity index (χ2v) is 4.61. The second kappa shape index (κ2) is 6.00. The number of nitro groups is 1. The number of pyridine rings is 1. The Morgan fingerprint density at radius 1 is 1.33 bits per heavy atom. The van der Waals surface area contributed by atoms with Crippen LogP contribution in [-0.2, 0) is 0 Å². The highest BCUT2D eigenvalue weighted by atomic mass is 35.5. The van der Waals surface area contributed by atoms with Gasteiger partial charge in [-0.15, -0.1) is 0 Å². The first-order chi connectivity index (χ1) is 8.48. The summed E-state index contributed by atoms with van der Waals surface area (Å²) in [5.41, 5.74) is -0.221. The van der Waals surface area contributed by atoms with Gasteiger partial charge in [0.05, 0.1) is 4.92 Å². The van der Waals surface area contributed by atoms with Gasteiger partial charge in [-0.2, -0.15) is 0 Å². The zero-order chi connectivity index (χ0) is 13.8. The lowest BCUT2D eigenvalue weighted by Gasteiger charge is -2.32. The standard InChI is InChI=1S/C12H18ClN3O2/c1-4-12(5-2,6-3)15-11-9(16(17)18)7-8-10(13)14-11/h7-8H,4-6H2,1-3H3,(H,14,15). The highest BCUT2D eigenvalue weighted by Crippen LogP contribution is 2.30. The zero-order valence-corrected chi connectivity index (χ0v) is 11.6. The average molecular weight is 272 g/mol. The van der Waals surface area contributed by atoms with E-state index < -0.39 is 4.92 Å². The van der Waals surface area contributed by atoms with Gasteiger partial charge in [0.1, 0.15) is 5.15 Å². The van der Waals surface area contributed by atoms with Crippen LogP contribution in [0.15, 0.2) is 12.1 Å². The number of halogens is 1. The molecule has 0 saturated heterocycles. The Balaban J connectivity index is 3.16. The molecule has 100 valence electrons. The van der Waals surface area contributed by atoms with Crippen LogP contribution in [0.5, 0.6) is 0 Å². The van der Waals surface area contributed by atoms with Crippen LogP contribution in [0.25, 0.3) is 0 Å². The first-order valence-corrected chi connectivity index (χ1v) is 6.45. The van der Waals surface area contributed by atoms with Crippen molar-refractivity contribution < 1.29 is 4.92 Å². The van der Waals surface area contributed by atoms with Crippen LogP contribution in [-0.4, -0.2) is 15.4 Å². The number of nitrogens with zero attached hydrogens (tertiary/aromatic N) is 2. The largest absolute Gasteiger partial charge is 0.359 e. The number of rotatable bonds is 6. The van der Waals surface area contributed by atoms with Crippen LogP contribution in [0.1, 0.15) is 40.0 Å². The minimum absolute atomic E-state index is 0.0425. The number of aromatic nitrogens is 1. The minimum Gasteiger partial charge on any atom is -0.359 e. The van der Waals surface area contributed by atoms with E-state index in [1.165, 1.54) is 12.1 Å². The van der Waals surface area contributed by atoms with Gasteiger partial charge in [-0.05, 0) is 25.3 Å². The van der Waals surface area contributed by atoms with E-state index in [-0.39, 0.29) is 22.2 Å². The molecule has 0 saturated carbocycles. The van der Waals surface area contributed by atoms with Crippen molar-refractivity contribution in [1.82, 2.24) is 4.98 Å². The quantitative estimate of drug-likeness (QED) is 0.482. The molecular weight excluding hydrogens is 254 g/mol. The number of hydrogen-bond acceptors (Lipinski definition) is 4. The van der Waals surface area contributed by atoms with E-state index in [0.29, 0.717) is 0 Å². The van der Waals surface area contributed by atoms with E-state index in [4.69, 9.17) is 11.6 Å². The second-order valence-electron chi connectivity index (χ2n) is 4.22. The SMILES string of the molecule is CCC(CC)(CC)Nc1nc(Cl)ccc1[N+](=O)[O-]. The molecule has 1 rings (SSSR count). The van der Waals surface area contributed by atoms with Gasteiger partial charge in [0.2, 0.25) is 5.82 Å². The molecule has 18 heavy (non-hydrogen) atoms. The Morgan fingerprint density at radius 3 is 2.33 bits per heavy atom. The van der Waals surface area contributed by atoms with E-state index in [0.717, 1.165) is 19.3 Å².